The molecule has 1 aliphatic rings. The third kappa shape index (κ3) is 4.65. The smallest absolute Gasteiger partial charge is 0.411 e. The van der Waals surface area contributed by atoms with Crippen LogP contribution >= 0.6 is 11.6 Å². The first-order chi connectivity index (χ1) is 14.7. The van der Waals surface area contributed by atoms with Crippen LogP contribution < -0.4 is 21.0 Å². The maximum atomic E-state index is 11.9. The molecule has 0 saturated carbocycles. The van der Waals surface area contributed by atoms with Crippen LogP contribution in [0.2, 0.25) is 5.02 Å². The molecule has 2 aromatic rings. The highest BCUT2D eigenvalue weighted by Gasteiger charge is 2.26. The third-order valence-electron chi connectivity index (χ3n) is 4.54. The molecule has 0 fully saturated rings. The Morgan fingerprint density at radius 1 is 1.35 bits per heavy atom. The number of H-pyrrole nitrogens is 1. The second-order valence-electron chi connectivity index (χ2n) is 6.88. The summed E-state index contributed by atoms with van der Waals surface area (Å²) in [5.41, 5.74) is 4.21. The van der Waals surface area contributed by atoms with Crippen molar-refractivity contribution in [2.75, 3.05) is 5.43 Å². The Kier molecular flexibility index (Phi) is 6.22. The number of aromatic nitrogens is 2. The number of hydrazone groups is 1. The van der Waals surface area contributed by atoms with E-state index in [4.69, 9.17) is 26.7 Å². The van der Waals surface area contributed by atoms with Crippen molar-refractivity contribution < 1.29 is 19.4 Å². The predicted molar refractivity (Wildman–Crippen MR) is 111 cm³/mol. The Labute approximate surface area is 180 Å². The lowest BCUT2D eigenvalue weighted by Crippen LogP contribution is -2.34. The van der Waals surface area contributed by atoms with E-state index in [9.17, 15) is 14.4 Å². The summed E-state index contributed by atoms with van der Waals surface area (Å²) in [6.45, 7) is 3.75. The minimum absolute atomic E-state index is 0.0235. The molecule has 4 N–H and O–H groups in total. The van der Waals surface area contributed by atoms with Crippen molar-refractivity contribution in [2.24, 2.45) is 5.10 Å². The van der Waals surface area contributed by atoms with E-state index in [-0.39, 0.29) is 22.4 Å². The van der Waals surface area contributed by atoms with Crippen LogP contribution in [0, 0.1) is 11.3 Å². The highest BCUT2D eigenvalue weighted by Crippen LogP contribution is 2.44. The summed E-state index contributed by atoms with van der Waals surface area (Å²) < 4.78 is 5.84. The molecule has 1 aromatic carbocycles. The van der Waals surface area contributed by atoms with E-state index in [1.807, 2.05) is 13.8 Å². The lowest BCUT2D eigenvalue weighted by atomic mass is 9.86. The fourth-order valence-electron chi connectivity index (χ4n) is 2.94. The highest BCUT2D eigenvalue weighted by molar-refractivity contribution is 6.46. The first-order valence-corrected chi connectivity index (χ1v) is 9.48. The van der Waals surface area contributed by atoms with E-state index in [0.717, 1.165) is 11.1 Å². The molecular formula is C19H17ClN6O5. The fraction of sp³-hybridized carbons (Fsp3) is 0.263. The summed E-state index contributed by atoms with van der Waals surface area (Å²) >= 11 is 6.37. The van der Waals surface area contributed by atoms with Crippen molar-refractivity contribution >= 4 is 35.0 Å². The SMILES string of the molecule is CC(C)c1cc(Oc2c(Cl)cc(N/N=C(\C#N)C(=O)NC(=O)O)c3c2CC3)n[nH]c1=O. The summed E-state index contributed by atoms with van der Waals surface area (Å²) in [7, 11) is 0. The predicted octanol–water partition coefficient (Wildman–Crippen LogP) is 2.52. The van der Waals surface area contributed by atoms with Gasteiger partial charge in [-0.1, -0.05) is 25.4 Å². The molecule has 2 amide bonds. The molecule has 0 aliphatic heterocycles. The van der Waals surface area contributed by atoms with Crippen molar-refractivity contribution in [2.45, 2.75) is 32.6 Å². The second-order valence-corrected chi connectivity index (χ2v) is 7.29. The maximum Gasteiger partial charge on any atom is 0.411 e. The van der Waals surface area contributed by atoms with Gasteiger partial charge in [0.1, 0.15) is 6.07 Å². The lowest BCUT2D eigenvalue weighted by molar-refractivity contribution is -0.114. The van der Waals surface area contributed by atoms with Crippen molar-refractivity contribution in [3.8, 4) is 17.7 Å². The Bertz CT molecular complexity index is 1200. The van der Waals surface area contributed by atoms with Gasteiger partial charge in [-0.05, 0) is 30.4 Å². The third-order valence-corrected chi connectivity index (χ3v) is 4.82. The van der Waals surface area contributed by atoms with Gasteiger partial charge in [0.05, 0.1) is 10.7 Å². The molecule has 31 heavy (non-hydrogen) atoms. The Hall–Kier alpha value is -3.91. The van der Waals surface area contributed by atoms with Crippen LogP contribution in [0.5, 0.6) is 11.6 Å². The second kappa shape index (κ2) is 8.85. The molecular weight excluding hydrogens is 428 g/mol. The molecule has 160 valence electrons. The average molecular weight is 445 g/mol. The first-order valence-electron chi connectivity index (χ1n) is 9.11. The quantitative estimate of drug-likeness (QED) is 0.389. The Morgan fingerprint density at radius 3 is 2.65 bits per heavy atom. The van der Waals surface area contributed by atoms with Crippen LogP contribution in [-0.4, -0.2) is 33.0 Å². The lowest BCUT2D eigenvalue weighted by Gasteiger charge is -2.26. The molecule has 0 radical (unpaired) electrons. The van der Waals surface area contributed by atoms with Gasteiger partial charge in [0.2, 0.25) is 11.6 Å². The van der Waals surface area contributed by atoms with E-state index in [1.165, 1.54) is 12.1 Å². The van der Waals surface area contributed by atoms with Gasteiger partial charge in [-0.15, -0.1) is 5.10 Å². The largest absolute Gasteiger partial charge is 0.465 e. The zero-order valence-electron chi connectivity index (χ0n) is 16.4. The van der Waals surface area contributed by atoms with Gasteiger partial charge >= 0.3 is 6.09 Å². The molecule has 11 nitrogen and oxygen atoms in total. The number of hydrogen-bond acceptors (Lipinski definition) is 8. The minimum Gasteiger partial charge on any atom is -0.465 e. The van der Waals surface area contributed by atoms with E-state index in [1.54, 1.807) is 11.4 Å². The van der Waals surface area contributed by atoms with Crippen LogP contribution in [0.3, 0.4) is 0 Å². The molecule has 1 aromatic heterocycles. The van der Waals surface area contributed by atoms with Gasteiger partial charge in [-0.2, -0.15) is 10.4 Å². The summed E-state index contributed by atoms with van der Waals surface area (Å²) in [5, 5.41) is 29.3. The van der Waals surface area contributed by atoms with Crippen molar-refractivity contribution in [3.63, 3.8) is 0 Å². The molecule has 0 atom stereocenters. The highest BCUT2D eigenvalue weighted by atomic mass is 35.5. The number of aromatic amines is 1. The van der Waals surface area contributed by atoms with E-state index in [2.05, 4.69) is 20.7 Å². The number of nitrogens with one attached hydrogen (secondary N) is 3. The normalized spacial score (nSPS) is 12.4. The van der Waals surface area contributed by atoms with Gasteiger partial charge in [-0.25, -0.2) is 9.89 Å². The number of nitriles is 1. The van der Waals surface area contributed by atoms with Crippen LogP contribution in [0.1, 0.15) is 36.5 Å². The number of ether oxygens (including phenoxy) is 1. The van der Waals surface area contributed by atoms with Gasteiger partial charge in [0.25, 0.3) is 11.5 Å². The number of carbonyl (C=O) groups excluding carboxylic acids is 1. The summed E-state index contributed by atoms with van der Waals surface area (Å²) in [5.74, 6) is -0.604. The standard InChI is InChI=1S/C19H17ClN6O5/c1-8(2)11-5-15(25-26-17(11)27)31-16-10-4-3-9(10)13(6-12(16)20)23-24-14(7-21)18(28)22-19(29)30/h5-6,8,23H,3-4H2,1-2H3,(H,22,28)(H,26,27)(H,29,30)/b24-14+. The van der Waals surface area contributed by atoms with E-state index >= 15 is 0 Å². The van der Waals surface area contributed by atoms with Crippen molar-refractivity contribution in [1.82, 2.24) is 15.5 Å². The number of fused-ring (bicyclic) bond motifs is 1. The summed E-state index contributed by atoms with van der Waals surface area (Å²) in [4.78, 5) is 34.0. The van der Waals surface area contributed by atoms with Gasteiger partial charge in [-0.3, -0.25) is 20.3 Å². The molecule has 3 rings (SSSR count). The Balaban J connectivity index is 1.88. The number of carboxylic acid groups (broad SMARTS) is 1. The number of carbonyl (C=O) groups is 2. The zero-order chi connectivity index (χ0) is 22.7. The number of hydrogen-bond donors (Lipinski definition) is 4. The molecule has 12 heteroatoms. The monoisotopic (exact) mass is 444 g/mol. The zero-order valence-corrected chi connectivity index (χ0v) is 17.2. The maximum absolute atomic E-state index is 11.9. The number of amides is 2. The molecule has 0 unspecified atom stereocenters. The van der Waals surface area contributed by atoms with Gasteiger partial charge in [0, 0.05) is 17.2 Å². The molecule has 1 aliphatic carbocycles. The van der Waals surface area contributed by atoms with Crippen LogP contribution in [0.25, 0.3) is 0 Å². The number of anilines is 1. The number of imide groups is 1. The number of nitrogens with zero attached hydrogens (tertiary/aromatic N) is 3. The minimum atomic E-state index is -1.60. The van der Waals surface area contributed by atoms with Gasteiger partial charge in [0.15, 0.2) is 5.75 Å². The molecule has 0 saturated heterocycles. The van der Waals surface area contributed by atoms with Gasteiger partial charge < -0.3 is 9.84 Å². The molecule has 1 heterocycles. The van der Waals surface area contributed by atoms with Crippen LogP contribution in [0.15, 0.2) is 22.0 Å². The van der Waals surface area contributed by atoms with Crippen molar-refractivity contribution in [3.05, 3.63) is 44.2 Å². The number of halogens is 1. The fourth-order valence-corrected chi connectivity index (χ4v) is 3.20. The molecule has 0 bridgehead atoms. The van der Waals surface area contributed by atoms with Crippen LogP contribution in [-0.2, 0) is 17.6 Å². The first kappa shape index (κ1) is 21.8. The summed E-state index contributed by atoms with van der Waals surface area (Å²) in [6.07, 6.45) is -0.271. The Morgan fingerprint density at radius 2 is 2.06 bits per heavy atom. The average Bonchev–Trinajstić information content (AvgIpc) is 2.66. The number of rotatable bonds is 6. The topological polar surface area (TPSA) is 170 Å². The number of benzene rings is 1. The van der Waals surface area contributed by atoms with E-state index < -0.39 is 17.7 Å². The van der Waals surface area contributed by atoms with Crippen LogP contribution in [0.4, 0.5) is 10.5 Å². The van der Waals surface area contributed by atoms with E-state index in [0.29, 0.717) is 29.8 Å². The van der Waals surface area contributed by atoms with Crippen molar-refractivity contribution in [1.29, 1.82) is 5.26 Å². The molecule has 0 spiro atoms. The summed E-state index contributed by atoms with van der Waals surface area (Å²) in [6, 6.07) is 4.59.